The van der Waals surface area contributed by atoms with Crippen molar-refractivity contribution in [1.82, 2.24) is 14.8 Å². The van der Waals surface area contributed by atoms with Gasteiger partial charge in [-0.15, -0.1) is 0 Å². The van der Waals surface area contributed by atoms with Crippen LogP contribution in [0.3, 0.4) is 0 Å². The molecule has 180 valence electrons. The van der Waals surface area contributed by atoms with Crippen molar-refractivity contribution >= 4 is 23.4 Å². The molecule has 3 heterocycles. The van der Waals surface area contributed by atoms with E-state index >= 15 is 0 Å². The Morgan fingerprint density at radius 3 is 2.41 bits per heavy atom. The lowest BCUT2D eigenvalue weighted by Gasteiger charge is -2.36. The largest absolute Gasteiger partial charge is 0.417 e. The Hall–Kier alpha value is -3.43. The van der Waals surface area contributed by atoms with Crippen LogP contribution in [0.15, 0.2) is 36.5 Å². The Morgan fingerprint density at radius 2 is 1.74 bits per heavy atom. The topological polar surface area (TPSA) is 73.8 Å². The van der Waals surface area contributed by atoms with Crippen LogP contribution in [0.2, 0.25) is 0 Å². The summed E-state index contributed by atoms with van der Waals surface area (Å²) < 4.78 is 39.9. The molecule has 1 saturated heterocycles. The van der Waals surface area contributed by atoms with Crippen molar-refractivity contribution in [1.29, 1.82) is 0 Å². The van der Waals surface area contributed by atoms with E-state index in [1.54, 1.807) is 6.07 Å². The highest BCUT2D eigenvalue weighted by molar-refractivity contribution is 6.20. The molecule has 10 heteroatoms. The number of pyridine rings is 1. The number of hydrogen-bond acceptors (Lipinski definition) is 5. The molecular weight excluding hydrogens is 449 g/mol. The average Bonchev–Trinajstić information content (AvgIpc) is 3.07. The van der Waals surface area contributed by atoms with Gasteiger partial charge in [-0.1, -0.05) is 31.9 Å². The average molecular weight is 474 g/mol. The quantitative estimate of drug-likeness (QED) is 0.470. The first-order valence-corrected chi connectivity index (χ1v) is 11.3. The zero-order valence-electron chi connectivity index (χ0n) is 18.8. The second-order valence-electron chi connectivity index (χ2n) is 8.38. The van der Waals surface area contributed by atoms with Crippen LogP contribution in [0.4, 0.5) is 18.9 Å². The summed E-state index contributed by atoms with van der Waals surface area (Å²) in [5.74, 6) is -1.41. The third-order valence-corrected chi connectivity index (χ3v) is 6.18. The molecule has 0 bridgehead atoms. The molecule has 0 unspecified atom stereocenters. The molecule has 0 aliphatic carbocycles. The second kappa shape index (κ2) is 9.44. The van der Waals surface area contributed by atoms with Crippen molar-refractivity contribution in [2.45, 2.75) is 32.4 Å². The van der Waals surface area contributed by atoms with E-state index < -0.39 is 17.6 Å². The van der Waals surface area contributed by atoms with Gasteiger partial charge in [0.15, 0.2) is 0 Å². The number of fused-ring (bicyclic) bond motifs is 1. The smallest absolute Gasteiger partial charge is 0.367 e. The molecule has 34 heavy (non-hydrogen) atoms. The molecule has 7 nitrogen and oxygen atoms in total. The SMILES string of the molecule is CCCCCN1C(=O)c2cc(N3CCN(C(=O)c4ccccc4C(F)(F)F)CC3)cnc2C1=O. The number of carbonyl (C=O) groups excluding carboxylic acids is 3. The zero-order valence-corrected chi connectivity index (χ0v) is 18.8. The Kier molecular flexibility index (Phi) is 6.58. The van der Waals surface area contributed by atoms with Crippen LogP contribution in [0.1, 0.15) is 63.0 Å². The Bertz CT molecular complexity index is 1110. The van der Waals surface area contributed by atoms with Gasteiger partial charge in [-0.05, 0) is 24.6 Å². The fourth-order valence-corrected chi connectivity index (χ4v) is 4.30. The summed E-state index contributed by atoms with van der Waals surface area (Å²) in [7, 11) is 0. The number of halogens is 3. The fraction of sp³-hybridized carbons (Fsp3) is 0.417. The van der Waals surface area contributed by atoms with E-state index in [0.717, 1.165) is 25.3 Å². The van der Waals surface area contributed by atoms with Crippen LogP contribution in [0, 0.1) is 0 Å². The number of alkyl halides is 3. The van der Waals surface area contributed by atoms with Crippen molar-refractivity contribution in [3.63, 3.8) is 0 Å². The fourth-order valence-electron chi connectivity index (χ4n) is 4.30. The first-order valence-electron chi connectivity index (χ1n) is 11.3. The third kappa shape index (κ3) is 4.49. The molecule has 2 aromatic rings. The third-order valence-electron chi connectivity index (χ3n) is 6.18. The summed E-state index contributed by atoms with van der Waals surface area (Å²) in [6, 6.07) is 6.41. The zero-order chi connectivity index (χ0) is 24.5. The highest BCUT2D eigenvalue weighted by Gasteiger charge is 2.38. The molecule has 0 radical (unpaired) electrons. The van der Waals surface area contributed by atoms with E-state index in [4.69, 9.17) is 0 Å². The van der Waals surface area contributed by atoms with Crippen molar-refractivity contribution in [3.05, 3.63) is 58.9 Å². The minimum absolute atomic E-state index is 0.141. The number of amides is 3. The molecule has 2 aliphatic heterocycles. The molecule has 3 amide bonds. The molecule has 2 aliphatic rings. The number of hydrogen-bond donors (Lipinski definition) is 0. The summed E-state index contributed by atoms with van der Waals surface area (Å²) in [6.07, 6.45) is -0.457. The van der Waals surface area contributed by atoms with Gasteiger partial charge in [-0.25, -0.2) is 4.98 Å². The summed E-state index contributed by atoms with van der Waals surface area (Å²) in [5, 5.41) is 0. The van der Waals surface area contributed by atoms with Crippen LogP contribution in [0.25, 0.3) is 0 Å². The summed E-state index contributed by atoms with van der Waals surface area (Å²) >= 11 is 0. The molecule has 0 spiro atoms. The van der Waals surface area contributed by atoms with Crippen molar-refractivity contribution < 1.29 is 27.6 Å². The molecular formula is C24H25F3N4O3. The number of imide groups is 1. The summed E-state index contributed by atoms with van der Waals surface area (Å²) in [4.78, 5) is 46.8. The van der Waals surface area contributed by atoms with Gasteiger partial charge >= 0.3 is 6.18 Å². The number of benzene rings is 1. The minimum atomic E-state index is -4.61. The van der Waals surface area contributed by atoms with Gasteiger partial charge in [0.05, 0.1) is 28.6 Å². The van der Waals surface area contributed by atoms with Gasteiger partial charge in [0.2, 0.25) is 0 Å². The highest BCUT2D eigenvalue weighted by Crippen LogP contribution is 2.33. The molecule has 0 atom stereocenters. The van der Waals surface area contributed by atoms with E-state index in [1.807, 2.05) is 11.8 Å². The maximum absolute atomic E-state index is 13.3. The van der Waals surface area contributed by atoms with E-state index in [2.05, 4.69) is 4.98 Å². The molecule has 1 fully saturated rings. The summed E-state index contributed by atoms with van der Waals surface area (Å²) in [5.41, 5.74) is -0.274. The summed E-state index contributed by atoms with van der Waals surface area (Å²) in [6.45, 7) is 3.57. The Balaban J connectivity index is 1.44. The number of piperazine rings is 1. The highest BCUT2D eigenvalue weighted by atomic mass is 19.4. The van der Waals surface area contributed by atoms with E-state index in [9.17, 15) is 27.6 Å². The van der Waals surface area contributed by atoms with Crippen LogP contribution in [-0.2, 0) is 6.18 Å². The lowest BCUT2D eigenvalue weighted by atomic mass is 10.1. The van der Waals surface area contributed by atoms with Gasteiger partial charge in [-0.2, -0.15) is 13.2 Å². The van der Waals surface area contributed by atoms with Crippen LogP contribution >= 0.6 is 0 Å². The Labute approximate surface area is 195 Å². The van der Waals surface area contributed by atoms with Crippen LogP contribution < -0.4 is 4.90 Å². The first kappa shape index (κ1) is 23.7. The number of unbranched alkanes of at least 4 members (excludes halogenated alkanes) is 2. The van der Waals surface area contributed by atoms with E-state index in [0.29, 0.717) is 25.3 Å². The number of anilines is 1. The predicted octanol–water partition coefficient (Wildman–Crippen LogP) is 3.85. The number of aromatic nitrogens is 1. The van der Waals surface area contributed by atoms with Gasteiger partial charge in [0, 0.05) is 32.7 Å². The van der Waals surface area contributed by atoms with Gasteiger partial charge < -0.3 is 9.80 Å². The maximum atomic E-state index is 13.3. The molecule has 0 N–H and O–H groups in total. The minimum Gasteiger partial charge on any atom is -0.367 e. The first-order chi connectivity index (χ1) is 16.2. The molecule has 1 aromatic carbocycles. The normalized spacial score (nSPS) is 16.3. The monoisotopic (exact) mass is 474 g/mol. The molecule has 0 saturated carbocycles. The molecule has 4 rings (SSSR count). The maximum Gasteiger partial charge on any atom is 0.417 e. The van der Waals surface area contributed by atoms with Gasteiger partial charge in [-0.3, -0.25) is 19.3 Å². The van der Waals surface area contributed by atoms with Crippen molar-refractivity contribution in [2.24, 2.45) is 0 Å². The molecule has 1 aromatic heterocycles. The number of carbonyl (C=O) groups is 3. The van der Waals surface area contributed by atoms with Gasteiger partial charge in [0.25, 0.3) is 17.7 Å². The second-order valence-corrected chi connectivity index (χ2v) is 8.38. The van der Waals surface area contributed by atoms with Crippen molar-refractivity contribution in [3.8, 4) is 0 Å². The van der Waals surface area contributed by atoms with E-state index in [-0.39, 0.29) is 41.7 Å². The Morgan fingerprint density at radius 1 is 1.03 bits per heavy atom. The number of nitrogens with zero attached hydrogens (tertiary/aromatic N) is 4. The van der Waals surface area contributed by atoms with E-state index in [1.165, 1.54) is 34.2 Å². The lowest BCUT2D eigenvalue weighted by molar-refractivity contribution is -0.138. The lowest BCUT2D eigenvalue weighted by Crippen LogP contribution is -2.49. The van der Waals surface area contributed by atoms with Crippen LogP contribution in [-0.4, -0.2) is 65.2 Å². The number of rotatable bonds is 6. The predicted molar refractivity (Wildman–Crippen MR) is 119 cm³/mol. The van der Waals surface area contributed by atoms with Gasteiger partial charge in [0.1, 0.15) is 5.69 Å². The standard InChI is InChI=1S/C24H25F3N4O3/c1-2-3-6-9-31-22(33)18-14-16(15-28-20(18)23(31)34)29-10-12-30(13-11-29)21(32)17-7-4-5-8-19(17)24(25,26)27/h4-5,7-8,14-15H,2-3,6,9-13H2,1H3. The van der Waals surface area contributed by atoms with Crippen LogP contribution in [0.5, 0.6) is 0 Å². The van der Waals surface area contributed by atoms with Crippen molar-refractivity contribution in [2.75, 3.05) is 37.6 Å².